The summed E-state index contributed by atoms with van der Waals surface area (Å²) in [5.41, 5.74) is 0.316. The van der Waals surface area contributed by atoms with Gasteiger partial charge in [-0.25, -0.2) is 14.4 Å². The molecule has 136 valence electrons. The first-order chi connectivity index (χ1) is 12.5. The Morgan fingerprint density at radius 2 is 1.69 bits per heavy atom. The van der Waals surface area contributed by atoms with Crippen molar-refractivity contribution in [2.75, 3.05) is 37.6 Å². The van der Waals surface area contributed by atoms with E-state index in [9.17, 15) is 14.0 Å². The summed E-state index contributed by atoms with van der Waals surface area (Å²) in [6.45, 7) is 2.22. The minimum absolute atomic E-state index is 0.0923. The highest BCUT2D eigenvalue weighted by Gasteiger charge is 2.22. The van der Waals surface area contributed by atoms with Crippen LogP contribution in [0.4, 0.5) is 10.3 Å². The SMILES string of the molecule is O=C(NCC(=O)N1CCN(c2ncc(Br)cn2)CC1)c1ccc(F)cc1. The van der Waals surface area contributed by atoms with Gasteiger partial charge in [-0.05, 0) is 40.2 Å². The summed E-state index contributed by atoms with van der Waals surface area (Å²) < 4.78 is 13.7. The number of aromatic nitrogens is 2. The molecule has 1 aliphatic heterocycles. The third kappa shape index (κ3) is 4.54. The predicted octanol–water partition coefficient (Wildman–Crippen LogP) is 1.46. The number of halogens is 2. The van der Waals surface area contributed by atoms with Gasteiger partial charge in [0, 0.05) is 44.1 Å². The lowest BCUT2D eigenvalue weighted by Crippen LogP contribution is -2.51. The molecule has 1 saturated heterocycles. The molecule has 0 saturated carbocycles. The lowest BCUT2D eigenvalue weighted by molar-refractivity contribution is -0.130. The average Bonchev–Trinajstić information content (AvgIpc) is 2.67. The monoisotopic (exact) mass is 421 g/mol. The third-order valence-electron chi connectivity index (χ3n) is 4.03. The second-order valence-corrected chi connectivity index (χ2v) is 6.67. The molecule has 1 fully saturated rings. The number of nitrogens with one attached hydrogen (secondary N) is 1. The molecule has 0 unspecified atom stereocenters. The Kier molecular flexibility index (Phi) is 5.77. The van der Waals surface area contributed by atoms with Gasteiger partial charge in [0.2, 0.25) is 11.9 Å². The van der Waals surface area contributed by atoms with Crippen LogP contribution in [0.2, 0.25) is 0 Å². The fourth-order valence-corrected chi connectivity index (χ4v) is 2.80. The number of benzene rings is 1. The van der Waals surface area contributed by atoms with E-state index in [0.717, 1.165) is 4.47 Å². The maximum atomic E-state index is 12.9. The van der Waals surface area contributed by atoms with E-state index < -0.39 is 11.7 Å². The van der Waals surface area contributed by atoms with Gasteiger partial charge < -0.3 is 15.1 Å². The molecule has 1 aliphatic rings. The molecule has 0 atom stereocenters. The zero-order valence-corrected chi connectivity index (χ0v) is 15.4. The van der Waals surface area contributed by atoms with Crippen molar-refractivity contribution in [3.05, 3.63) is 52.5 Å². The molecule has 2 aromatic rings. The van der Waals surface area contributed by atoms with E-state index in [0.29, 0.717) is 37.7 Å². The van der Waals surface area contributed by atoms with Crippen molar-refractivity contribution in [2.45, 2.75) is 0 Å². The number of anilines is 1. The maximum absolute atomic E-state index is 12.9. The van der Waals surface area contributed by atoms with E-state index in [-0.39, 0.29) is 12.5 Å². The van der Waals surface area contributed by atoms with Crippen LogP contribution in [0, 0.1) is 5.82 Å². The van der Waals surface area contributed by atoms with Crippen LogP contribution in [0.25, 0.3) is 0 Å². The van der Waals surface area contributed by atoms with Crippen LogP contribution in [0.1, 0.15) is 10.4 Å². The first-order valence-corrected chi connectivity index (χ1v) is 8.86. The van der Waals surface area contributed by atoms with Crippen LogP contribution < -0.4 is 10.2 Å². The molecule has 1 aromatic carbocycles. The number of amides is 2. The minimum Gasteiger partial charge on any atom is -0.343 e. The van der Waals surface area contributed by atoms with Gasteiger partial charge in [-0.1, -0.05) is 0 Å². The lowest BCUT2D eigenvalue weighted by Gasteiger charge is -2.34. The van der Waals surface area contributed by atoms with Crippen LogP contribution in [0.3, 0.4) is 0 Å². The fraction of sp³-hybridized carbons (Fsp3) is 0.294. The zero-order valence-electron chi connectivity index (χ0n) is 13.9. The van der Waals surface area contributed by atoms with E-state index in [1.807, 2.05) is 4.90 Å². The third-order valence-corrected chi connectivity index (χ3v) is 4.44. The highest BCUT2D eigenvalue weighted by Crippen LogP contribution is 2.13. The van der Waals surface area contributed by atoms with Crippen molar-refractivity contribution in [3.63, 3.8) is 0 Å². The summed E-state index contributed by atoms with van der Waals surface area (Å²) >= 11 is 3.30. The molecule has 2 amide bonds. The van der Waals surface area contributed by atoms with Crippen LogP contribution in [0.15, 0.2) is 41.1 Å². The van der Waals surface area contributed by atoms with E-state index >= 15 is 0 Å². The number of piperazine rings is 1. The second kappa shape index (κ2) is 8.22. The Hall–Kier alpha value is -2.55. The summed E-state index contributed by atoms with van der Waals surface area (Å²) in [5, 5.41) is 2.57. The standard InChI is InChI=1S/C17H17BrFN5O2/c18-13-9-21-17(22-10-13)24-7-5-23(6-8-24)15(25)11-20-16(26)12-1-3-14(19)4-2-12/h1-4,9-10H,5-8,11H2,(H,20,26). The largest absolute Gasteiger partial charge is 0.343 e. The Balaban J connectivity index is 1.47. The molecule has 9 heteroatoms. The van der Waals surface area contributed by atoms with Crippen LogP contribution in [-0.2, 0) is 4.79 Å². The molecule has 1 aromatic heterocycles. The molecule has 26 heavy (non-hydrogen) atoms. The van der Waals surface area contributed by atoms with Gasteiger partial charge in [0.15, 0.2) is 0 Å². The second-order valence-electron chi connectivity index (χ2n) is 5.76. The van der Waals surface area contributed by atoms with E-state index in [4.69, 9.17) is 0 Å². The van der Waals surface area contributed by atoms with Gasteiger partial charge in [-0.2, -0.15) is 0 Å². The summed E-state index contributed by atoms with van der Waals surface area (Å²) in [7, 11) is 0. The van der Waals surface area contributed by atoms with Crippen molar-refractivity contribution < 1.29 is 14.0 Å². The Morgan fingerprint density at radius 1 is 1.08 bits per heavy atom. The van der Waals surface area contributed by atoms with Crippen LogP contribution in [-0.4, -0.2) is 59.4 Å². The molecule has 3 rings (SSSR count). The lowest BCUT2D eigenvalue weighted by atomic mass is 10.2. The number of carbonyl (C=O) groups excluding carboxylic acids is 2. The highest BCUT2D eigenvalue weighted by atomic mass is 79.9. The van der Waals surface area contributed by atoms with Crippen molar-refractivity contribution in [1.29, 1.82) is 0 Å². The molecular formula is C17H17BrFN5O2. The average molecular weight is 422 g/mol. The fourth-order valence-electron chi connectivity index (χ4n) is 2.60. The van der Waals surface area contributed by atoms with Gasteiger partial charge in [-0.15, -0.1) is 0 Å². The number of hydrogen-bond acceptors (Lipinski definition) is 5. The summed E-state index contributed by atoms with van der Waals surface area (Å²) in [5.74, 6) is -0.341. The summed E-state index contributed by atoms with van der Waals surface area (Å²) in [6, 6.07) is 5.18. The van der Waals surface area contributed by atoms with Gasteiger partial charge in [0.1, 0.15) is 5.82 Å². The number of hydrogen-bond donors (Lipinski definition) is 1. The highest BCUT2D eigenvalue weighted by molar-refractivity contribution is 9.10. The molecule has 7 nitrogen and oxygen atoms in total. The van der Waals surface area contributed by atoms with E-state index in [1.54, 1.807) is 17.3 Å². The first kappa shape index (κ1) is 18.2. The first-order valence-electron chi connectivity index (χ1n) is 8.07. The van der Waals surface area contributed by atoms with E-state index in [1.165, 1.54) is 24.3 Å². The molecule has 0 radical (unpaired) electrons. The molecular weight excluding hydrogens is 405 g/mol. The topological polar surface area (TPSA) is 78.4 Å². The quantitative estimate of drug-likeness (QED) is 0.808. The summed E-state index contributed by atoms with van der Waals surface area (Å²) in [4.78, 5) is 36.5. The Bertz CT molecular complexity index is 777. The van der Waals surface area contributed by atoms with Crippen molar-refractivity contribution in [1.82, 2.24) is 20.2 Å². The smallest absolute Gasteiger partial charge is 0.251 e. The number of carbonyl (C=O) groups is 2. The van der Waals surface area contributed by atoms with Gasteiger partial charge in [0.25, 0.3) is 5.91 Å². The zero-order chi connectivity index (χ0) is 18.5. The van der Waals surface area contributed by atoms with Gasteiger partial charge >= 0.3 is 0 Å². The molecule has 0 spiro atoms. The van der Waals surface area contributed by atoms with Crippen molar-refractivity contribution >= 4 is 33.7 Å². The van der Waals surface area contributed by atoms with Gasteiger partial charge in [-0.3, -0.25) is 9.59 Å². The van der Waals surface area contributed by atoms with Crippen molar-refractivity contribution in [2.24, 2.45) is 0 Å². The number of rotatable bonds is 4. The molecule has 0 bridgehead atoms. The maximum Gasteiger partial charge on any atom is 0.251 e. The van der Waals surface area contributed by atoms with Gasteiger partial charge in [0.05, 0.1) is 11.0 Å². The minimum atomic E-state index is -0.412. The predicted molar refractivity (Wildman–Crippen MR) is 97.3 cm³/mol. The van der Waals surface area contributed by atoms with Crippen LogP contribution >= 0.6 is 15.9 Å². The summed E-state index contributed by atoms with van der Waals surface area (Å²) in [6.07, 6.45) is 3.37. The Morgan fingerprint density at radius 3 is 2.31 bits per heavy atom. The molecule has 2 heterocycles. The van der Waals surface area contributed by atoms with E-state index in [2.05, 4.69) is 31.2 Å². The molecule has 1 N–H and O–H groups in total. The molecule has 0 aliphatic carbocycles. The van der Waals surface area contributed by atoms with Crippen molar-refractivity contribution in [3.8, 4) is 0 Å². The number of nitrogens with zero attached hydrogens (tertiary/aromatic N) is 4. The Labute approximate surface area is 158 Å². The normalized spacial score (nSPS) is 14.2. The van der Waals surface area contributed by atoms with Crippen LogP contribution in [0.5, 0.6) is 0 Å².